The molecule has 240 valence electrons. The van der Waals surface area contributed by atoms with Crippen molar-refractivity contribution in [3.8, 4) is 0 Å². The average Bonchev–Trinajstić information content (AvgIpc) is 2.96. The third-order valence-electron chi connectivity index (χ3n) is 7.15. The molecule has 0 rings (SSSR count). The van der Waals surface area contributed by atoms with E-state index in [2.05, 4.69) is 62.5 Å². The van der Waals surface area contributed by atoms with E-state index in [0.29, 0.717) is 0 Å². The van der Waals surface area contributed by atoms with Crippen LogP contribution in [0.2, 0.25) is 0 Å². The molecule has 0 aromatic heterocycles. The molecule has 41 heavy (non-hydrogen) atoms. The second-order valence-electron chi connectivity index (χ2n) is 11.2. The van der Waals surface area contributed by atoms with Crippen LogP contribution in [0.1, 0.15) is 168 Å². The van der Waals surface area contributed by atoms with Gasteiger partial charge in [0.05, 0.1) is 13.2 Å². The first-order valence-electron chi connectivity index (χ1n) is 17.3. The molecule has 0 atom stereocenters. The molecule has 5 heteroatoms. The van der Waals surface area contributed by atoms with Crippen LogP contribution in [0.15, 0.2) is 48.6 Å². The molecule has 0 unspecified atom stereocenters. The Balaban J connectivity index is 3.42. The van der Waals surface area contributed by atoms with E-state index in [4.69, 9.17) is 8.37 Å². The Kier molecular flexibility index (Phi) is 32.4. The number of hydrogen-bond acceptors (Lipinski definition) is 4. The predicted molar refractivity (Wildman–Crippen MR) is 180 cm³/mol. The molecule has 0 fully saturated rings. The summed E-state index contributed by atoms with van der Waals surface area (Å²) in [7, 11) is -3.85. The first kappa shape index (κ1) is 39.8. The van der Waals surface area contributed by atoms with E-state index >= 15 is 0 Å². The van der Waals surface area contributed by atoms with Crippen molar-refractivity contribution in [2.24, 2.45) is 0 Å². The minimum atomic E-state index is -3.85. The lowest BCUT2D eigenvalue weighted by atomic mass is 10.1. The number of hydrogen-bond donors (Lipinski definition) is 0. The van der Waals surface area contributed by atoms with Gasteiger partial charge in [0.25, 0.3) is 0 Å². The molecule has 0 spiro atoms. The highest BCUT2D eigenvalue weighted by atomic mass is 32.3. The van der Waals surface area contributed by atoms with Crippen LogP contribution in [0.5, 0.6) is 0 Å². The number of unbranched alkanes of at least 4 members (excludes halogenated alkanes) is 18. The fourth-order valence-electron chi connectivity index (χ4n) is 4.54. The van der Waals surface area contributed by atoms with Crippen molar-refractivity contribution in [1.29, 1.82) is 0 Å². The number of allylic oxidation sites excluding steroid dienone is 8. The van der Waals surface area contributed by atoms with Gasteiger partial charge in [0, 0.05) is 0 Å². The second-order valence-corrected chi connectivity index (χ2v) is 12.5. The van der Waals surface area contributed by atoms with E-state index in [1.54, 1.807) is 0 Å². The van der Waals surface area contributed by atoms with E-state index in [0.717, 1.165) is 64.2 Å². The zero-order valence-electron chi connectivity index (χ0n) is 27.0. The maximum atomic E-state index is 11.9. The molecule has 0 radical (unpaired) electrons. The minimum absolute atomic E-state index is 0.223. The highest BCUT2D eigenvalue weighted by molar-refractivity contribution is 7.81. The molecular formula is C36H66O4S. The lowest BCUT2D eigenvalue weighted by molar-refractivity contribution is 0.208. The first-order valence-corrected chi connectivity index (χ1v) is 18.6. The monoisotopic (exact) mass is 594 g/mol. The smallest absolute Gasteiger partial charge is 0.248 e. The van der Waals surface area contributed by atoms with Gasteiger partial charge in [0.2, 0.25) is 0 Å². The van der Waals surface area contributed by atoms with Gasteiger partial charge in [0.1, 0.15) is 0 Å². The SMILES string of the molecule is CCCCC/C=C\C/C=C\CCCCCCCCOS(=O)(=O)OCCCCCCCC/C=C\C/C=C\CCCCC. The highest BCUT2D eigenvalue weighted by Crippen LogP contribution is 2.11. The van der Waals surface area contributed by atoms with E-state index in [-0.39, 0.29) is 13.2 Å². The van der Waals surface area contributed by atoms with Crippen molar-refractivity contribution in [1.82, 2.24) is 0 Å². The Morgan fingerprint density at radius 3 is 1.02 bits per heavy atom. The van der Waals surface area contributed by atoms with Crippen molar-refractivity contribution in [2.45, 2.75) is 168 Å². The molecule has 0 heterocycles. The molecule has 0 amide bonds. The summed E-state index contributed by atoms with van der Waals surface area (Å²) in [5, 5.41) is 0. The largest absolute Gasteiger partial charge is 0.399 e. The van der Waals surface area contributed by atoms with Crippen LogP contribution in [-0.2, 0) is 18.8 Å². The van der Waals surface area contributed by atoms with Crippen molar-refractivity contribution < 1.29 is 16.8 Å². The van der Waals surface area contributed by atoms with E-state index in [9.17, 15) is 8.42 Å². The Hall–Kier alpha value is -1.17. The van der Waals surface area contributed by atoms with Crippen LogP contribution in [0.3, 0.4) is 0 Å². The zero-order valence-corrected chi connectivity index (χ0v) is 27.9. The maximum absolute atomic E-state index is 11.9. The lowest BCUT2D eigenvalue weighted by Gasteiger charge is -2.06. The van der Waals surface area contributed by atoms with Gasteiger partial charge in [-0.2, -0.15) is 8.42 Å². The van der Waals surface area contributed by atoms with Gasteiger partial charge < -0.3 is 0 Å². The molecular weight excluding hydrogens is 528 g/mol. The van der Waals surface area contributed by atoms with Crippen molar-refractivity contribution >= 4 is 10.4 Å². The maximum Gasteiger partial charge on any atom is 0.399 e. The third-order valence-corrected chi connectivity index (χ3v) is 8.06. The Morgan fingerprint density at radius 1 is 0.390 bits per heavy atom. The van der Waals surface area contributed by atoms with Crippen LogP contribution in [0.4, 0.5) is 0 Å². The molecule has 0 aliphatic heterocycles. The molecule has 0 aliphatic carbocycles. The van der Waals surface area contributed by atoms with Gasteiger partial charge in [-0.25, -0.2) is 8.37 Å². The summed E-state index contributed by atoms with van der Waals surface area (Å²) in [4.78, 5) is 0. The molecule has 0 saturated carbocycles. The molecule has 0 aromatic rings. The summed E-state index contributed by atoms with van der Waals surface area (Å²) in [6.45, 7) is 4.93. The Morgan fingerprint density at radius 2 is 0.683 bits per heavy atom. The summed E-state index contributed by atoms with van der Waals surface area (Å²) in [6.07, 6.45) is 46.1. The van der Waals surface area contributed by atoms with Gasteiger partial charge in [-0.3, -0.25) is 0 Å². The summed E-state index contributed by atoms with van der Waals surface area (Å²) in [5.74, 6) is 0. The zero-order chi connectivity index (χ0) is 30.0. The average molecular weight is 595 g/mol. The topological polar surface area (TPSA) is 52.6 Å². The van der Waals surface area contributed by atoms with Crippen molar-refractivity contribution in [3.05, 3.63) is 48.6 Å². The second kappa shape index (κ2) is 33.3. The van der Waals surface area contributed by atoms with Crippen LogP contribution >= 0.6 is 0 Å². The summed E-state index contributed by atoms with van der Waals surface area (Å²) in [6, 6.07) is 0. The summed E-state index contributed by atoms with van der Waals surface area (Å²) >= 11 is 0. The molecule has 0 bridgehead atoms. The minimum Gasteiger partial charge on any atom is -0.248 e. The van der Waals surface area contributed by atoms with Crippen molar-refractivity contribution in [2.75, 3.05) is 13.2 Å². The van der Waals surface area contributed by atoms with Crippen molar-refractivity contribution in [3.63, 3.8) is 0 Å². The van der Waals surface area contributed by atoms with Gasteiger partial charge >= 0.3 is 10.4 Å². The standard InChI is InChI=1S/C36H66O4S/c1-3-5-7-9-11-13-15-17-19-21-23-25-27-29-31-33-35-39-41(37,38)40-36-34-32-30-28-26-24-22-20-18-16-14-12-10-8-6-4-2/h11-14,17-20H,3-10,15-16,21-36H2,1-2H3/b13-11-,14-12-,19-17-,20-18-. The summed E-state index contributed by atoms with van der Waals surface area (Å²) in [5.41, 5.74) is 0. The third kappa shape index (κ3) is 34.9. The molecule has 4 nitrogen and oxygen atoms in total. The van der Waals surface area contributed by atoms with Crippen LogP contribution in [-0.4, -0.2) is 21.6 Å². The molecule has 0 aromatic carbocycles. The van der Waals surface area contributed by atoms with Gasteiger partial charge in [-0.05, 0) is 77.0 Å². The summed E-state index contributed by atoms with van der Waals surface area (Å²) < 4.78 is 33.8. The lowest BCUT2D eigenvalue weighted by Crippen LogP contribution is -2.12. The van der Waals surface area contributed by atoms with Crippen LogP contribution < -0.4 is 0 Å². The fourth-order valence-corrected chi connectivity index (χ4v) is 5.25. The normalized spacial score (nSPS) is 12.7. The molecule has 0 saturated heterocycles. The quantitative estimate of drug-likeness (QED) is 0.0574. The Bertz CT molecular complexity index is 681. The van der Waals surface area contributed by atoms with Gasteiger partial charge in [-0.15, -0.1) is 0 Å². The molecule has 0 N–H and O–H groups in total. The molecule has 0 aliphatic rings. The first-order chi connectivity index (χ1) is 20.1. The van der Waals surface area contributed by atoms with E-state index in [1.807, 2.05) is 0 Å². The van der Waals surface area contributed by atoms with E-state index < -0.39 is 10.4 Å². The van der Waals surface area contributed by atoms with Crippen LogP contribution in [0.25, 0.3) is 0 Å². The van der Waals surface area contributed by atoms with E-state index in [1.165, 1.54) is 89.9 Å². The highest BCUT2D eigenvalue weighted by Gasteiger charge is 2.11. The van der Waals surface area contributed by atoms with Gasteiger partial charge in [-0.1, -0.05) is 140 Å². The fraction of sp³-hybridized carbons (Fsp3) is 0.778. The van der Waals surface area contributed by atoms with Gasteiger partial charge in [0.15, 0.2) is 0 Å². The number of rotatable bonds is 32. The Labute approximate surface area is 256 Å². The predicted octanol–water partition coefficient (Wildman–Crippen LogP) is 11.9. The van der Waals surface area contributed by atoms with Crippen LogP contribution in [0, 0.1) is 0 Å².